The van der Waals surface area contributed by atoms with Gasteiger partial charge in [0.2, 0.25) is 0 Å². The minimum absolute atomic E-state index is 0.124. The molecule has 0 bridgehead atoms. The van der Waals surface area contributed by atoms with E-state index in [4.69, 9.17) is 4.74 Å². The van der Waals surface area contributed by atoms with Crippen LogP contribution in [-0.2, 0) is 11.2 Å². The van der Waals surface area contributed by atoms with Crippen LogP contribution < -0.4 is 0 Å². The van der Waals surface area contributed by atoms with Gasteiger partial charge in [0, 0.05) is 18.0 Å². The molecule has 2 aliphatic rings. The second-order valence-electron chi connectivity index (χ2n) is 5.66. The minimum Gasteiger partial charge on any atom is -0.352 e. The highest BCUT2D eigenvalue weighted by Crippen LogP contribution is 2.58. The first-order chi connectivity index (χ1) is 9.73. The molecule has 1 aliphatic heterocycles. The first-order valence-electron chi connectivity index (χ1n) is 6.94. The maximum Gasteiger partial charge on any atom is 0.198 e. The highest BCUT2D eigenvalue weighted by molar-refractivity contribution is 6.07. The summed E-state index contributed by atoms with van der Waals surface area (Å²) in [4.78, 5) is 16.9. The third-order valence-corrected chi connectivity index (χ3v) is 4.53. The van der Waals surface area contributed by atoms with Gasteiger partial charge in [0.25, 0.3) is 0 Å². The Balaban J connectivity index is 1.76. The summed E-state index contributed by atoms with van der Waals surface area (Å²) in [5, 5.41) is 0. The maximum absolute atomic E-state index is 12.9. The number of ketones is 1. The molecule has 2 heterocycles. The van der Waals surface area contributed by atoms with E-state index in [0.29, 0.717) is 0 Å². The van der Waals surface area contributed by atoms with Gasteiger partial charge in [0.1, 0.15) is 6.10 Å². The van der Waals surface area contributed by atoms with Crippen molar-refractivity contribution in [3.63, 3.8) is 0 Å². The van der Waals surface area contributed by atoms with Crippen molar-refractivity contribution in [3.05, 3.63) is 65.5 Å². The van der Waals surface area contributed by atoms with Crippen molar-refractivity contribution in [3.8, 4) is 0 Å². The number of hydrogen-bond donors (Lipinski definition) is 0. The molecular formula is C17H15NO2. The van der Waals surface area contributed by atoms with Gasteiger partial charge in [-0.1, -0.05) is 31.2 Å². The molecule has 3 unspecified atom stereocenters. The number of carbonyl (C=O) groups excluding carboxylic acids is 1. The summed E-state index contributed by atoms with van der Waals surface area (Å²) in [5.74, 6) is 0.330. The van der Waals surface area contributed by atoms with E-state index in [1.807, 2.05) is 36.4 Å². The van der Waals surface area contributed by atoms with Crippen molar-refractivity contribution in [2.24, 2.45) is 5.92 Å². The summed E-state index contributed by atoms with van der Waals surface area (Å²) in [7, 11) is 0. The second kappa shape index (κ2) is 4.00. The Morgan fingerprint density at radius 2 is 1.95 bits per heavy atom. The van der Waals surface area contributed by atoms with E-state index in [9.17, 15) is 4.79 Å². The third-order valence-electron chi connectivity index (χ3n) is 4.53. The molecule has 2 aromatic rings. The van der Waals surface area contributed by atoms with Gasteiger partial charge in [0.15, 0.2) is 11.4 Å². The van der Waals surface area contributed by atoms with Gasteiger partial charge in [-0.05, 0) is 35.6 Å². The lowest BCUT2D eigenvalue weighted by molar-refractivity contribution is 0.0790. The fraction of sp³-hybridized carbons (Fsp3) is 0.294. The summed E-state index contributed by atoms with van der Waals surface area (Å²) in [6.07, 6.45) is 4.26. The van der Waals surface area contributed by atoms with E-state index in [0.717, 1.165) is 23.1 Å². The normalized spacial score (nSPS) is 31.1. The van der Waals surface area contributed by atoms with E-state index in [-0.39, 0.29) is 17.8 Å². The maximum atomic E-state index is 12.9. The summed E-state index contributed by atoms with van der Waals surface area (Å²) >= 11 is 0. The first kappa shape index (κ1) is 11.8. The first-order valence-corrected chi connectivity index (χ1v) is 6.94. The molecule has 0 radical (unpaired) electrons. The molecule has 0 saturated carbocycles. The molecule has 1 spiro atoms. The number of fused-ring (bicyclic) bond motifs is 1. The topological polar surface area (TPSA) is 42.5 Å². The third kappa shape index (κ3) is 1.44. The zero-order valence-corrected chi connectivity index (χ0v) is 11.2. The minimum atomic E-state index is -0.657. The summed E-state index contributed by atoms with van der Waals surface area (Å²) in [5.41, 5.74) is 2.34. The summed E-state index contributed by atoms with van der Waals surface area (Å²) < 4.78 is 5.94. The molecule has 1 aromatic carbocycles. The lowest BCUT2D eigenvalue weighted by Crippen LogP contribution is -2.39. The number of carbonyl (C=O) groups is 1. The number of nitrogens with zero attached hydrogens (tertiary/aromatic N) is 1. The summed E-state index contributed by atoms with van der Waals surface area (Å²) in [6.45, 7) is 2.11. The lowest BCUT2D eigenvalue weighted by atomic mass is 9.73. The molecule has 3 nitrogen and oxygen atoms in total. The van der Waals surface area contributed by atoms with Crippen molar-refractivity contribution in [1.29, 1.82) is 0 Å². The highest BCUT2D eigenvalue weighted by atomic mass is 16.6. The number of hydrogen-bond acceptors (Lipinski definition) is 3. The average Bonchev–Trinajstić information content (AvgIpc) is 3.23. The quantitative estimate of drug-likeness (QED) is 0.744. The van der Waals surface area contributed by atoms with Gasteiger partial charge in [-0.15, -0.1) is 0 Å². The smallest absolute Gasteiger partial charge is 0.198 e. The Kier molecular flexibility index (Phi) is 2.36. The SMILES string of the molecule is CC1Cc2ccccc2C(=O)C12OC2c1ccncc1. The van der Waals surface area contributed by atoms with Crippen LogP contribution in [0.15, 0.2) is 48.8 Å². The van der Waals surface area contributed by atoms with E-state index >= 15 is 0 Å². The molecule has 100 valence electrons. The largest absolute Gasteiger partial charge is 0.352 e. The molecule has 3 heteroatoms. The Hall–Kier alpha value is -2.00. The van der Waals surface area contributed by atoms with Gasteiger partial charge in [-0.25, -0.2) is 0 Å². The van der Waals surface area contributed by atoms with E-state index < -0.39 is 5.60 Å². The van der Waals surface area contributed by atoms with Gasteiger partial charge in [-0.2, -0.15) is 0 Å². The van der Waals surface area contributed by atoms with Crippen molar-refractivity contribution in [1.82, 2.24) is 4.98 Å². The number of aromatic nitrogens is 1. The van der Waals surface area contributed by atoms with Crippen molar-refractivity contribution < 1.29 is 9.53 Å². The van der Waals surface area contributed by atoms with Crippen LogP contribution in [0.2, 0.25) is 0 Å². The molecule has 1 aliphatic carbocycles. The number of ether oxygens (including phenoxy) is 1. The molecule has 0 amide bonds. The molecule has 4 rings (SSSR count). The fourth-order valence-corrected chi connectivity index (χ4v) is 3.40. The van der Waals surface area contributed by atoms with Crippen molar-refractivity contribution in [2.75, 3.05) is 0 Å². The predicted molar refractivity (Wildman–Crippen MR) is 74.4 cm³/mol. The van der Waals surface area contributed by atoms with Gasteiger partial charge in [0.05, 0.1) is 0 Å². The number of epoxide rings is 1. The Bertz CT molecular complexity index is 682. The molecule has 20 heavy (non-hydrogen) atoms. The average molecular weight is 265 g/mol. The van der Waals surface area contributed by atoms with Crippen molar-refractivity contribution in [2.45, 2.75) is 25.0 Å². The molecule has 0 N–H and O–H groups in total. The number of rotatable bonds is 1. The lowest BCUT2D eigenvalue weighted by Gasteiger charge is -2.27. The van der Waals surface area contributed by atoms with Crippen LogP contribution in [0.4, 0.5) is 0 Å². The van der Waals surface area contributed by atoms with E-state index in [1.54, 1.807) is 12.4 Å². The Labute approximate surface area is 117 Å². The second-order valence-corrected chi connectivity index (χ2v) is 5.66. The zero-order valence-electron chi connectivity index (χ0n) is 11.2. The number of benzene rings is 1. The van der Waals surface area contributed by atoms with Crippen LogP contribution in [0.3, 0.4) is 0 Å². The standard InChI is InChI=1S/C17H15NO2/c1-11-10-13-4-2-3-5-14(13)15(19)17(11)16(20-17)12-6-8-18-9-7-12/h2-9,11,16H,10H2,1H3. The molecular weight excluding hydrogens is 250 g/mol. The number of Topliss-reactive ketones (excluding diaryl/α,β-unsaturated/α-hetero) is 1. The van der Waals surface area contributed by atoms with Crippen LogP contribution >= 0.6 is 0 Å². The Morgan fingerprint density at radius 1 is 1.20 bits per heavy atom. The van der Waals surface area contributed by atoms with Gasteiger partial charge in [-0.3, -0.25) is 9.78 Å². The van der Waals surface area contributed by atoms with Crippen LogP contribution in [-0.4, -0.2) is 16.4 Å². The molecule has 3 atom stereocenters. The Morgan fingerprint density at radius 3 is 2.75 bits per heavy atom. The monoisotopic (exact) mass is 265 g/mol. The van der Waals surface area contributed by atoms with Crippen LogP contribution in [0.25, 0.3) is 0 Å². The zero-order chi connectivity index (χ0) is 13.7. The fourth-order valence-electron chi connectivity index (χ4n) is 3.40. The summed E-state index contributed by atoms with van der Waals surface area (Å²) in [6, 6.07) is 11.7. The van der Waals surface area contributed by atoms with Gasteiger partial charge < -0.3 is 4.74 Å². The van der Waals surface area contributed by atoms with E-state index in [1.165, 1.54) is 0 Å². The van der Waals surface area contributed by atoms with Crippen LogP contribution in [0.1, 0.15) is 34.5 Å². The van der Waals surface area contributed by atoms with Crippen LogP contribution in [0.5, 0.6) is 0 Å². The molecule has 1 aromatic heterocycles. The molecule has 1 saturated heterocycles. The highest BCUT2D eigenvalue weighted by Gasteiger charge is 2.67. The predicted octanol–water partition coefficient (Wildman–Crippen LogP) is 2.97. The van der Waals surface area contributed by atoms with Crippen molar-refractivity contribution >= 4 is 5.78 Å². The molecule has 1 fully saturated rings. The van der Waals surface area contributed by atoms with Crippen LogP contribution in [0, 0.1) is 5.92 Å². The van der Waals surface area contributed by atoms with Gasteiger partial charge >= 0.3 is 0 Å². The number of pyridine rings is 1. The van der Waals surface area contributed by atoms with E-state index in [2.05, 4.69) is 11.9 Å².